The molecule has 0 heterocycles. The number of hydrogen-bond acceptors (Lipinski definition) is 4. The molecular weight excluding hydrogens is 383 g/mol. The van der Waals surface area contributed by atoms with Gasteiger partial charge in [0.25, 0.3) is 0 Å². The molecule has 170 valence electrons. The lowest BCUT2D eigenvalue weighted by molar-refractivity contribution is -0.0149. The zero-order valence-corrected chi connectivity index (χ0v) is 20.4. The number of hydrogen-bond donors (Lipinski definition) is 1. The Labute approximate surface area is 179 Å². The van der Waals surface area contributed by atoms with E-state index in [1.54, 1.807) is 6.08 Å². The molecule has 29 heavy (non-hydrogen) atoms. The van der Waals surface area contributed by atoms with E-state index >= 15 is 0 Å². The van der Waals surface area contributed by atoms with Gasteiger partial charge in [0.05, 0.1) is 12.2 Å². The second-order valence-electron chi connectivity index (χ2n) is 10.5. The first-order valence-corrected chi connectivity index (χ1v) is 13.4. The van der Waals surface area contributed by atoms with Gasteiger partial charge in [0, 0.05) is 6.42 Å². The summed E-state index contributed by atoms with van der Waals surface area (Å²) in [4.78, 5) is 0. The summed E-state index contributed by atoms with van der Waals surface area (Å²) >= 11 is 0. The van der Waals surface area contributed by atoms with E-state index < -0.39 is 13.4 Å². The maximum atomic E-state index is 14.0. The smallest absolute Gasteiger partial charge is 0.359 e. The van der Waals surface area contributed by atoms with E-state index in [1.165, 1.54) is 12.8 Å². The molecule has 0 aromatic rings. The molecule has 0 amide bonds. The predicted octanol–water partition coefficient (Wildman–Crippen LogP) is 7.03. The maximum absolute atomic E-state index is 14.0. The van der Waals surface area contributed by atoms with Gasteiger partial charge in [-0.1, -0.05) is 60.5 Å². The Hall–Kier alpha value is -0.150. The van der Waals surface area contributed by atoms with Crippen LogP contribution in [0.4, 0.5) is 0 Å². The van der Waals surface area contributed by atoms with Gasteiger partial charge in [-0.15, -0.1) is 6.58 Å². The van der Waals surface area contributed by atoms with Gasteiger partial charge in [-0.05, 0) is 61.2 Å². The molecular formula is C24H45O4P. The molecule has 2 saturated carbocycles. The zero-order valence-electron chi connectivity index (χ0n) is 19.5. The second-order valence-corrected chi connectivity index (χ2v) is 12.6. The predicted molar refractivity (Wildman–Crippen MR) is 121 cm³/mol. The van der Waals surface area contributed by atoms with E-state index in [4.69, 9.17) is 9.05 Å². The van der Waals surface area contributed by atoms with Crippen molar-refractivity contribution in [3.63, 3.8) is 0 Å². The first kappa shape index (κ1) is 25.1. The fraction of sp³-hybridized carbons (Fsp3) is 0.917. The van der Waals surface area contributed by atoms with Crippen molar-refractivity contribution >= 4 is 7.60 Å². The quantitative estimate of drug-likeness (QED) is 0.316. The Morgan fingerprint density at radius 1 is 0.931 bits per heavy atom. The summed E-state index contributed by atoms with van der Waals surface area (Å²) in [5, 5.41) is 10.8. The maximum Gasteiger partial charge on any atom is 0.359 e. The van der Waals surface area contributed by atoms with Crippen LogP contribution in [0, 0.1) is 35.5 Å². The van der Waals surface area contributed by atoms with Crippen LogP contribution in [0.15, 0.2) is 12.7 Å². The highest BCUT2D eigenvalue weighted by atomic mass is 31.2. The fourth-order valence-corrected chi connectivity index (χ4v) is 7.27. The Kier molecular flexibility index (Phi) is 9.47. The van der Waals surface area contributed by atoms with E-state index in [9.17, 15) is 9.67 Å². The molecule has 0 saturated heterocycles. The molecule has 2 aliphatic rings. The van der Waals surface area contributed by atoms with Crippen LogP contribution in [0.5, 0.6) is 0 Å². The van der Waals surface area contributed by atoms with Crippen LogP contribution in [0.3, 0.4) is 0 Å². The van der Waals surface area contributed by atoms with Gasteiger partial charge in [-0.2, -0.15) is 0 Å². The minimum Gasteiger partial charge on any atom is -0.380 e. The third-order valence-corrected chi connectivity index (χ3v) is 9.30. The molecule has 2 aliphatic carbocycles. The second kappa shape index (κ2) is 10.9. The Bertz CT molecular complexity index is 523. The lowest BCUT2D eigenvalue weighted by Gasteiger charge is -2.42. The SMILES string of the molecule is C=CCC(O)P(=O)(O[C@@H]1C[C@H](C)CC[C@H]1C(C)C)O[C@@H]1C[C@H](C)CC[C@H]1C(C)C. The van der Waals surface area contributed by atoms with E-state index in [-0.39, 0.29) is 18.6 Å². The van der Waals surface area contributed by atoms with Crippen LogP contribution >= 0.6 is 7.60 Å². The van der Waals surface area contributed by atoms with Gasteiger partial charge < -0.3 is 14.2 Å². The molecule has 0 bridgehead atoms. The first-order valence-electron chi connectivity index (χ1n) is 11.8. The third kappa shape index (κ3) is 6.66. The molecule has 0 radical (unpaired) electrons. The number of aliphatic hydroxyl groups excluding tert-OH is 1. The molecule has 0 aromatic carbocycles. The van der Waals surface area contributed by atoms with E-state index in [2.05, 4.69) is 48.1 Å². The van der Waals surface area contributed by atoms with Gasteiger partial charge in [0.15, 0.2) is 5.85 Å². The van der Waals surface area contributed by atoms with Gasteiger partial charge in [0.1, 0.15) is 0 Å². The van der Waals surface area contributed by atoms with E-state index in [0.717, 1.165) is 25.7 Å². The highest BCUT2D eigenvalue weighted by Crippen LogP contribution is 2.59. The first-order chi connectivity index (χ1) is 13.6. The largest absolute Gasteiger partial charge is 0.380 e. The summed E-state index contributed by atoms with van der Waals surface area (Å²) in [6.07, 6.45) is 7.86. The standard InChI is InChI=1S/C24H45O4P/c1-8-9-24(25)29(26,27-22-14-18(6)10-12-20(22)16(2)3)28-23-15-19(7)11-13-21(23)17(4)5/h8,16-25H,1,9-15H2,2-7H3/t18-,19-,20+,21+,22-,23-,24?/m1/s1. The summed E-state index contributed by atoms with van der Waals surface area (Å²) in [6, 6.07) is 0. The van der Waals surface area contributed by atoms with Crippen molar-refractivity contribution in [2.24, 2.45) is 35.5 Å². The Balaban J connectivity index is 2.27. The normalized spacial score (nSPS) is 35.1. The molecule has 1 unspecified atom stereocenters. The average molecular weight is 429 g/mol. The Morgan fingerprint density at radius 2 is 1.34 bits per heavy atom. The summed E-state index contributed by atoms with van der Waals surface area (Å²) < 4.78 is 26.7. The highest BCUT2D eigenvalue weighted by molar-refractivity contribution is 7.54. The zero-order chi connectivity index (χ0) is 21.8. The van der Waals surface area contributed by atoms with Crippen molar-refractivity contribution in [3.8, 4) is 0 Å². The average Bonchev–Trinajstić information content (AvgIpc) is 2.61. The van der Waals surface area contributed by atoms with Crippen molar-refractivity contribution < 1.29 is 18.7 Å². The summed E-state index contributed by atoms with van der Waals surface area (Å²) in [5.41, 5.74) is 0. The highest BCUT2D eigenvalue weighted by Gasteiger charge is 2.45. The van der Waals surface area contributed by atoms with Crippen LogP contribution in [0.1, 0.15) is 86.5 Å². The van der Waals surface area contributed by atoms with Crippen LogP contribution in [0.2, 0.25) is 0 Å². The van der Waals surface area contributed by atoms with Crippen LogP contribution in [-0.2, 0) is 13.6 Å². The van der Waals surface area contributed by atoms with Gasteiger partial charge >= 0.3 is 7.60 Å². The molecule has 0 spiro atoms. The fourth-order valence-electron chi connectivity index (χ4n) is 5.29. The minimum absolute atomic E-state index is 0.123. The number of aliphatic hydroxyl groups is 1. The molecule has 0 aromatic heterocycles. The van der Waals surface area contributed by atoms with Gasteiger partial charge in [0.2, 0.25) is 0 Å². The molecule has 2 rings (SSSR count). The van der Waals surface area contributed by atoms with Gasteiger partial charge in [-0.3, -0.25) is 4.57 Å². The minimum atomic E-state index is -3.69. The van der Waals surface area contributed by atoms with Crippen LogP contribution < -0.4 is 0 Å². The lowest BCUT2D eigenvalue weighted by atomic mass is 9.75. The van der Waals surface area contributed by atoms with Crippen molar-refractivity contribution in [2.45, 2.75) is 105 Å². The lowest BCUT2D eigenvalue weighted by Crippen LogP contribution is -2.37. The molecule has 2 fully saturated rings. The van der Waals surface area contributed by atoms with Crippen molar-refractivity contribution in [2.75, 3.05) is 0 Å². The topological polar surface area (TPSA) is 55.8 Å². The number of rotatable bonds is 9. The monoisotopic (exact) mass is 428 g/mol. The van der Waals surface area contributed by atoms with Crippen molar-refractivity contribution in [1.29, 1.82) is 0 Å². The molecule has 5 heteroatoms. The van der Waals surface area contributed by atoms with E-state index in [1.807, 2.05) is 0 Å². The summed E-state index contributed by atoms with van der Waals surface area (Å²) in [7, 11) is -3.69. The Morgan fingerprint density at radius 3 is 1.69 bits per heavy atom. The van der Waals surface area contributed by atoms with E-state index in [0.29, 0.717) is 35.5 Å². The van der Waals surface area contributed by atoms with Crippen LogP contribution in [-0.4, -0.2) is 23.2 Å². The summed E-state index contributed by atoms with van der Waals surface area (Å²) in [6.45, 7) is 17.0. The van der Waals surface area contributed by atoms with Crippen molar-refractivity contribution in [3.05, 3.63) is 12.7 Å². The summed E-state index contributed by atoms with van der Waals surface area (Å²) in [5.74, 6) is 1.55. The van der Waals surface area contributed by atoms with Crippen LogP contribution in [0.25, 0.3) is 0 Å². The van der Waals surface area contributed by atoms with Gasteiger partial charge in [-0.25, -0.2) is 0 Å². The molecule has 0 aliphatic heterocycles. The van der Waals surface area contributed by atoms with Crippen molar-refractivity contribution in [1.82, 2.24) is 0 Å². The molecule has 7 atom stereocenters. The third-order valence-electron chi connectivity index (χ3n) is 7.23. The molecule has 1 N–H and O–H groups in total. The molecule has 4 nitrogen and oxygen atoms in total.